The fourth-order valence-corrected chi connectivity index (χ4v) is 1.13. The van der Waals surface area contributed by atoms with Gasteiger partial charge in [0.05, 0.1) is 0 Å². The minimum absolute atomic E-state index is 0.00883. The Hall–Kier alpha value is -0.240. The Bertz CT molecular complexity index is 203. The van der Waals surface area contributed by atoms with Gasteiger partial charge in [0.25, 0.3) is 0 Å². The maximum absolute atomic E-state index is 4.09. The van der Waals surface area contributed by atoms with E-state index in [2.05, 4.69) is 58.2 Å². The average molecular weight is 201 g/mol. The molecule has 0 aliphatic heterocycles. The number of nitrogens with one attached hydrogen (secondary N) is 1. The van der Waals surface area contributed by atoms with Crippen LogP contribution in [0.4, 0.5) is 0 Å². The normalized spacial score (nSPS) is 16.2. The van der Waals surface area contributed by atoms with Crippen LogP contribution in [-0.2, 0) is 0 Å². The van der Waals surface area contributed by atoms with Crippen molar-refractivity contribution in [3.05, 3.63) is 12.3 Å². The van der Waals surface area contributed by atoms with Crippen LogP contribution < -0.4 is 4.72 Å². The van der Waals surface area contributed by atoms with Crippen molar-refractivity contribution in [2.24, 2.45) is 5.41 Å². The van der Waals surface area contributed by atoms with E-state index in [1.54, 1.807) is 0 Å². The van der Waals surface area contributed by atoms with Crippen molar-refractivity contribution in [2.45, 2.75) is 46.3 Å². The summed E-state index contributed by atoms with van der Waals surface area (Å²) >= 11 is 0. The van der Waals surface area contributed by atoms with Gasteiger partial charge in [0.15, 0.2) is 0 Å². The molecule has 0 aromatic heterocycles. The van der Waals surface area contributed by atoms with Gasteiger partial charge in [-0.3, -0.25) is 0 Å². The third kappa shape index (κ3) is 6.88. The lowest BCUT2D eigenvalue weighted by molar-refractivity contribution is 0.542. The van der Waals surface area contributed by atoms with Gasteiger partial charge in [-0.25, -0.2) is 0 Å². The van der Waals surface area contributed by atoms with Gasteiger partial charge >= 0.3 is 0 Å². The van der Waals surface area contributed by atoms with Crippen LogP contribution in [0.5, 0.6) is 0 Å². The minimum atomic E-state index is -0.00883. The van der Waals surface area contributed by atoms with Crippen molar-refractivity contribution in [3.63, 3.8) is 0 Å². The fraction of sp³-hybridized carbons (Fsp3) is 0.727. The van der Waals surface area contributed by atoms with Crippen molar-refractivity contribution in [1.82, 2.24) is 4.72 Å². The molecule has 0 aliphatic rings. The van der Waals surface area contributed by atoms with E-state index in [-0.39, 0.29) is 20.8 Å². The minimum Gasteiger partial charge on any atom is -0.342 e. The van der Waals surface area contributed by atoms with Crippen molar-refractivity contribution >= 4 is 16.5 Å². The summed E-state index contributed by atoms with van der Waals surface area (Å²) in [6.45, 7) is 13.1. The molecular formula is C11H23NS. The molecule has 0 aromatic rings. The van der Waals surface area contributed by atoms with Crippen molar-refractivity contribution in [1.29, 1.82) is 0 Å². The second-order valence-electron chi connectivity index (χ2n) is 5.32. The molecule has 2 heteroatoms. The lowest BCUT2D eigenvalue weighted by Crippen LogP contribution is -2.17. The molecule has 1 nitrogen and oxygen atoms in total. The lowest BCUT2D eigenvalue weighted by Gasteiger charge is -2.23. The topological polar surface area (TPSA) is 12.0 Å². The van der Waals surface area contributed by atoms with Crippen molar-refractivity contribution in [3.8, 4) is 0 Å². The Morgan fingerprint density at radius 3 is 1.85 bits per heavy atom. The van der Waals surface area contributed by atoms with Gasteiger partial charge in [-0.15, -0.1) is 0 Å². The average Bonchev–Trinajstić information content (AvgIpc) is 1.82. The molecule has 0 rings (SSSR count). The zero-order valence-electron chi connectivity index (χ0n) is 9.77. The Morgan fingerprint density at radius 1 is 1.08 bits per heavy atom. The van der Waals surface area contributed by atoms with E-state index in [0.29, 0.717) is 0 Å². The SMILES string of the molecule is C=S(N/C=C\C(C)(C)C)C(C)(C)C. The predicted molar refractivity (Wildman–Crippen MR) is 66.2 cm³/mol. The number of allylic oxidation sites excluding steroid dienone is 1. The molecular weight excluding hydrogens is 178 g/mol. The molecule has 0 saturated heterocycles. The van der Waals surface area contributed by atoms with Gasteiger partial charge in [-0.2, -0.15) is 0 Å². The summed E-state index contributed by atoms with van der Waals surface area (Å²) in [6.07, 6.45) is 4.20. The monoisotopic (exact) mass is 201 g/mol. The summed E-state index contributed by atoms with van der Waals surface area (Å²) in [4.78, 5) is 0. The maximum Gasteiger partial charge on any atom is 0.0199 e. The molecule has 1 unspecified atom stereocenters. The fourth-order valence-electron chi connectivity index (χ4n) is 0.543. The summed E-state index contributed by atoms with van der Waals surface area (Å²) in [7, 11) is -0.00883. The highest BCUT2D eigenvalue weighted by Gasteiger charge is 2.12. The van der Waals surface area contributed by atoms with Crippen LogP contribution in [0.15, 0.2) is 12.3 Å². The van der Waals surface area contributed by atoms with Crippen LogP contribution in [0.2, 0.25) is 0 Å². The van der Waals surface area contributed by atoms with E-state index in [0.717, 1.165) is 0 Å². The lowest BCUT2D eigenvalue weighted by atomic mass is 9.97. The van der Waals surface area contributed by atoms with Crippen LogP contribution >= 0.6 is 10.7 Å². The third-order valence-electron chi connectivity index (χ3n) is 1.53. The Kier molecular flexibility index (Phi) is 4.24. The molecule has 0 amide bonds. The molecule has 13 heavy (non-hydrogen) atoms. The summed E-state index contributed by atoms with van der Waals surface area (Å²) in [5.74, 6) is 4.09. The van der Waals surface area contributed by atoms with E-state index < -0.39 is 0 Å². The van der Waals surface area contributed by atoms with Gasteiger partial charge in [-0.05, 0) is 26.2 Å². The molecule has 0 fully saturated rings. The summed E-state index contributed by atoms with van der Waals surface area (Å²) in [5.41, 5.74) is 0.245. The molecule has 0 saturated carbocycles. The predicted octanol–water partition coefficient (Wildman–Crippen LogP) is 3.55. The van der Waals surface area contributed by atoms with E-state index >= 15 is 0 Å². The van der Waals surface area contributed by atoms with Gasteiger partial charge in [-0.1, -0.05) is 43.4 Å². The first-order valence-electron chi connectivity index (χ1n) is 4.61. The van der Waals surface area contributed by atoms with Crippen LogP contribution in [0, 0.1) is 5.41 Å². The number of hydrogen-bond donors (Lipinski definition) is 1. The second-order valence-corrected chi connectivity index (χ2v) is 7.56. The van der Waals surface area contributed by atoms with Crippen molar-refractivity contribution in [2.75, 3.05) is 0 Å². The van der Waals surface area contributed by atoms with E-state index in [4.69, 9.17) is 0 Å². The smallest absolute Gasteiger partial charge is 0.0199 e. The van der Waals surface area contributed by atoms with Crippen LogP contribution in [-0.4, -0.2) is 10.6 Å². The maximum atomic E-state index is 4.09. The Balaban J connectivity index is 4.06. The van der Waals surface area contributed by atoms with Crippen LogP contribution in [0.1, 0.15) is 41.5 Å². The van der Waals surface area contributed by atoms with E-state index in [9.17, 15) is 0 Å². The van der Waals surface area contributed by atoms with Crippen LogP contribution in [0.3, 0.4) is 0 Å². The van der Waals surface area contributed by atoms with Gasteiger partial charge in [0, 0.05) is 10.9 Å². The third-order valence-corrected chi connectivity index (χ3v) is 3.43. The standard InChI is InChI=1S/C11H23NS/c1-10(2,3)8-9-12-13(7)11(4,5)6/h8-9,12H,7H2,1-6H3/b9-8-. The van der Waals surface area contributed by atoms with Gasteiger partial charge in [0.2, 0.25) is 0 Å². The first-order chi connectivity index (χ1) is 5.63. The number of rotatable bonds is 2. The van der Waals surface area contributed by atoms with Gasteiger partial charge in [0.1, 0.15) is 0 Å². The summed E-state index contributed by atoms with van der Waals surface area (Å²) < 4.78 is 3.55. The molecule has 0 aliphatic carbocycles. The van der Waals surface area contributed by atoms with E-state index in [1.807, 2.05) is 6.20 Å². The first kappa shape index (κ1) is 12.8. The molecule has 0 radical (unpaired) electrons. The molecule has 0 heterocycles. The molecule has 0 aromatic carbocycles. The Morgan fingerprint density at radius 2 is 1.54 bits per heavy atom. The van der Waals surface area contributed by atoms with E-state index in [1.165, 1.54) is 0 Å². The quantitative estimate of drug-likeness (QED) is 0.674. The molecule has 1 N–H and O–H groups in total. The second kappa shape index (κ2) is 4.32. The van der Waals surface area contributed by atoms with Crippen LogP contribution in [0.25, 0.3) is 0 Å². The molecule has 78 valence electrons. The molecule has 1 atom stereocenters. The Labute approximate surface area is 85.7 Å². The zero-order valence-corrected chi connectivity index (χ0v) is 10.6. The highest BCUT2D eigenvalue weighted by molar-refractivity contribution is 8.13. The largest absolute Gasteiger partial charge is 0.342 e. The molecule has 0 bridgehead atoms. The first-order valence-corrected chi connectivity index (χ1v) is 6.00. The van der Waals surface area contributed by atoms with Crippen molar-refractivity contribution < 1.29 is 0 Å². The summed E-state index contributed by atoms with van der Waals surface area (Å²) in [5, 5.41) is 0. The van der Waals surface area contributed by atoms with Gasteiger partial charge < -0.3 is 4.72 Å². The summed E-state index contributed by atoms with van der Waals surface area (Å²) in [6, 6.07) is 0. The highest BCUT2D eigenvalue weighted by Crippen LogP contribution is 2.26. The zero-order chi connectivity index (χ0) is 10.7. The molecule has 0 spiro atoms. The number of hydrogen-bond acceptors (Lipinski definition) is 1. The highest BCUT2D eigenvalue weighted by atomic mass is 32.2.